The second-order valence-electron chi connectivity index (χ2n) is 8.23. The Morgan fingerprint density at radius 1 is 1.04 bits per heavy atom. The van der Waals surface area contributed by atoms with Crippen molar-refractivity contribution in [2.24, 2.45) is 52.4 Å². The van der Waals surface area contributed by atoms with Crippen LogP contribution in [0, 0.1) is 67.6 Å². The van der Waals surface area contributed by atoms with Gasteiger partial charge in [0.2, 0.25) is 0 Å². The zero-order valence-electron chi connectivity index (χ0n) is 13.5. The number of alkyl halides is 1. The fraction of sp³-hybridized carbons (Fsp3) is 0.588. The number of nitrogens with one attached hydrogen (secondary N) is 1. The summed E-state index contributed by atoms with van der Waals surface area (Å²) in [5, 5.41) is 26.8. The van der Waals surface area contributed by atoms with Crippen LogP contribution >= 0.6 is 15.9 Å². The Morgan fingerprint density at radius 3 is 2.50 bits per heavy atom. The summed E-state index contributed by atoms with van der Waals surface area (Å²) in [6.45, 7) is 0. The maximum absolute atomic E-state index is 11.3. The smallest absolute Gasteiger partial charge is 0.272 e. The first-order valence-corrected chi connectivity index (χ1v) is 9.81. The monoisotopic (exact) mass is 418 g/mol. The largest absolute Gasteiger partial charge is 0.301 e. The molecular formula is C17H15BrN4O4. The van der Waals surface area contributed by atoms with Gasteiger partial charge in [0.1, 0.15) is 5.69 Å². The van der Waals surface area contributed by atoms with E-state index in [1.165, 1.54) is 24.3 Å². The highest BCUT2D eigenvalue weighted by Crippen LogP contribution is 2.82. The van der Waals surface area contributed by atoms with Crippen LogP contribution < -0.4 is 5.43 Å². The van der Waals surface area contributed by atoms with Crippen LogP contribution in [0.25, 0.3) is 0 Å². The second-order valence-corrected chi connectivity index (χ2v) is 9.29. The number of hydrogen-bond donors (Lipinski definition) is 1. The molecule has 6 saturated carbocycles. The van der Waals surface area contributed by atoms with E-state index >= 15 is 0 Å². The number of halogens is 1. The molecule has 6 aliphatic carbocycles. The molecule has 8 nitrogen and oxygen atoms in total. The predicted octanol–water partition coefficient (Wildman–Crippen LogP) is 3.42. The summed E-state index contributed by atoms with van der Waals surface area (Å²) >= 11 is 3.93. The van der Waals surface area contributed by atoms with E-state index in [1.54, 1.807) is 0 Å². The van der Waals surface area contributed by atoms with Crippen molar-refractivity contribution >= 4 is 38.7 Å². The lowest BCUT2D eigenvalue weighted by Crippen LogP contribution is -2.30. The van der Waals surface area contributed by atoms with E-state index in [9.17, 15) is 20.2 Å². The van der Waals surface area contributed by atoms with Crippen molar-refractivity contribution in [3.63, 3.8) is 0 Å². The van der Waals surface area contributed by atoms with Crippen LogP contribution in [0.3, 0.4) is 0 Å². The number of nitro groups is 2. The summed E-state index contributed by atoms with van der Waals surface area (Å²) in [5.74, 6) is 5.54. The Morgan fingerprint density at radius 2 is 1.81 bits per heavy atom. The van der Waals surface area contributed by atoms with Crippen LogP contribution in [-0.4, -0.2) is 20.4 Å². The third-order valence-electron chi connectivity index (χ3n) is 7.73. The number of non-ortho nitro benzene ring substituents is 1. The van der Waals surface area contributed by atoms with Gasteiger partial charge in [-0.05, 0) is 48.0 Å². The van der Waals surface area contributed by atoms with Crippen LogP contribution in [0.4, 0.5) is 17.1 Å². The molecule has 0 aromatic heterocycles. The van der Waals surface area contributed by atoms with Crippen molar-refractivity contribution < 1.29 is 9.85 Å². The predicted molar refractivity (Wildman–Crippen MR) is 96.1 cm³/mol. The van der Waals surface area contributed by atoms with E-state index in [0.29, 0.717) is 22.6 Å². The zero-order chi connectivity index (χ0) is 17.9. The molecule has 0 aliphatic heterocycles. The number of nitro benzene ring substituents is 2. The van der Waals surface area contributed by atoms with E-state index in [1.807, 2.05) is 0 Å². The van der Waals surface area contributed by atoms with Crippen molar-refractivity contribution in [1.29, 1.82) is 0 Å². The molecule has 7 rings (SSSR count). The number of anilines is 1. The third-order valence-corrected chi connectivity index (χ3v) is 8.96. The van der Waals surface area contributed by atoms with E-state index in [-0.39, 0.29) is 17.1 Å². The topological polar surface area (TPSA) is 111 Å². The molecular weight excluding hydrogens is 404 g/mol. The van der Waals surface area contributed by atoms with Gasteiger partial charge in [-0.2, -0.15) is 5.10 Å². The zero-order valence-corrected chi connectivity index (χ0v) is 15.1. The number of benzene rings is 1. The minimum Gasteiger partial charge on any atom is -0.272 e. The minimum atomic E-state index is -0.631. The quantitative estimate of drug-likeness (QED) is 0.457. The summed E-state index contributed by atoms with van der Waals surface area (Å²) < 4.78 is 0. The van der Waals surface area contributed by atoms with E-state index in [0.717, 1.165) is 35.7 Å². The van der Waals surface area contributed by atoms with E-state index in [4.69, 9.17) is 0 Å². The third kappa shape index (κ3) is 1.51. The molecule has 0 heterocycles. The molecule has 9 atom stereocenters. The average Bonchev–Trinajstić information content (AvgIpc) is 3.35. The van der Waals surface area contributed by atoms with E-state index < -0.39 is 9.85 Å². The molecule has 134 valence electrons. The first kappa shape index (κ1) is 15.1. The van der Waals surface area contributed by atoms with Crippen molar-refractivity contribution in [3.8, 4) is 0 Å². The summed E-state index contributed by atoms with van der Waals surface area (Å²) in [7, 11) is 0. The molecule has 0 spiro atoms. The van der Waals surface area contributed by atoms with Crippen molar-refractivity contribution in [2.75, 3.05) is 5.43 Å². The highest BCUT2D eigenvalue weighted by Gasteiger charge is 2.82. The summed E-state index contributed by atoms with van der Waals surface area (Å²) in [6.07, 6.45) is 1.32. The standard InChI is InChI=1S/C17H15BrN4O4/c18-16-12-6-4-7-10(12)15-14(16)11(6)13(7)17(15)20-19-8-2-1-5(21(23)24)3-9(8)22(25)26/h1-3,6-7,10-16,19H,4H2/b20-17-/t6-,7+,10-,11+,12-,13-,14-,15+,16+/m0/s1. The summed E-state index contributed by atoms with van der Waals surface area (Å²) in [4.78, 5) is 21.5. The molecule has 9 heteroatoms. The van der Waals surface area contributed by atoms with Crippen molar-refractivity contribution in [2.45, 2.75) is 11.2 Å². The molecule has 0 unspecified atom stereocenters. The average molecular weight is 419 g/mol. The van der Waals surface area contributed by atoms with E-state index in [2.05, 4.69) is 26.5 Å². The van der Waals surface area contributed by atoms with Gasteiger partial charge in [-0.15, -0.1) is 0 Å². The highest BCUT2D eigenvalue weighted by molar-refractivity contribution is 9.09. The maximum Gasteiger partial charge on any atom is 0.301 e. The van der Waals surface area contributed by atoms with Gasteiger partial charge in [0.05, 0.1) is 15.9 Å². The van der Waals surface area contributed by atoms with Crippen LogP contribution in [0.2, 0.25) is 0 Å². The van der Waals surface area contributed by atoms with Gasteiger partial charge < -0.3 is 0 Å². The number of hydrogen-bond acceptors (Lipinski definition) is 6. The van der Waals surface area contributed by atoms with Crippen LogP contribution in [0.15, 0.2) is 23.3 Å². The fourth-order valence-electron chi connectivity index (χ4n) is 7.38. The van der Waals surface area contributed by atoms with Crippen LogP contribution in [-0.2, 0) is 0 Å². The lowest BCUT2D eigenvalue weighted by molar-refractivity contribution is -0.393. The Labute approximate surface area is 156 Å². The SMILES string of the molecule is O=[N+]([O-])c1ccc(N/N=C2/[C@H]3[C@@H]4C[C@H]5[C@H]3[C@@H]3[C@H](Br)[C@@H]5[C@H]4[C@@H]23)c([N+](=O)[O-])c1. The molecule has 26 heavy (non-hydrogen) atoms. The molecule has 1 aromatic rings. The second kappa shape index (κ2) is 4.62. The summed E-state index contributed by atoms with van der Waals surface area (Å²) in [5.41, 5.74) is 3.66. The summed E-state index contributed by atoms with van der Waals surface area (Å²) in [6, 6.07) is 3.63. The van der Waals surface area contributed by atoms with Crippen molar-refractivity contribution in [1.82, 2.24) is 0 Å². The number of rotatable bonds is 4. The Bertz CT molecular complexity index is 918. The Hall–Kier alpha value is -2.03. The van der Waals surface area contributed by atoms with Crippen LogP contribution in [0.1, 0.15) is 6.42 Å². The lowest BCUT2D eigenvalue weighted by atomic mass is 9.71. The number of hydrazone groups is 1. The molecule has 0 radical (unpaired) electrons. The normalized spacial score (nSPS) is 46.8. The minimum absolute atomic E-state index is 0.210. The van der Waals surface area contributed by atoms with Gasteiger partial charge in [0.25, 0.3) is 5.69 Å². The molecule has 1 aromatic carbocycles. The van der Waals surface area contributed by atoms with Gasteiger partial charge in [-0.1, -0.05) is 15.9 Å². The number of nitrogens with zero attached hydrogens (tertiary/aromatic N) is 3. The molecule has 0 amide bonds. The van der Waals surface area contributed by atoms with Gasteiger partial charge in [-0.3, -0.25) is 25.7 Å². The first-order valence-electron chi connectivity index (χ1n) is 8.89. The highest BCUT2D eigenvalue weighted by atomic mass is 79.9. The van der Waals surface area contributed by atoms with Crippen LogP contribution in [0.5, 0.6) is 0 Å². The van der Waals surface area contributed by atoms with Gasteiger partial charge in [0.15, 0.2) is 0 Å². The fourth-order valence-corrected chi connectivity index (χ4v) is 8.80. The van der Waals surface area contributed by atoms with Gasteiger partial charge in [0, 0.05) is 28.4 Å². The molecule has 1 N–H and O–H groups in total. The first-order chi connectivity index (χ1) is 12.5. The Balaban J connectivity index is 1.35. The molecule has 0 saturated heterocycles. The maximum atomic E-state index is 11.3. The van der Waals surface area contributed by atoms with Gasteiger partial charge in [-0.25, -0.2) is 0 Å². The molecule has 6 aliphatic rings. The van der Waals surface area contributed by atoms with Gasteiger partial charge >= 0.3 is 5.69 Å². The molecule has 6 fully saturated rings. The Kier molecular flexibility index (Phi) is 2.68. The molecule has 6 bridgehead atoms. The lowest BCUT2D eigenvalue weighted by Gasteiger charge is -2.32. The van der Waals surface area contributed by atoms with Crippen molar-refractivity contribution in [3.05, 3.63) is 38.4 Å².